The second-order valence-electron chi connectivity index (χ2n) is 6.10. The van der Waals surface area contributed by atoms with Crippen LogP contribution in [0, 0.1) is 34.4 Å². The molecule has 3 rings (SSSR count). The lowest BCUT2D eigenvalue weighted by Crippen LogP contribution is -2.46. The van der Waals surface area contributed by atoms with Gasteiger partial charge < -0.3 is 5.11 Å². The van der Waals surface area contributed by atoms with E-state index in [1.807, 2.05) is 0 Å². The van der Waals surface area contributed by atoms with Crippen LogP contribution < -0.4 is 0 Å². The molecular weight excluding hydrogens is 243 g/mol. The molecule has 19 heavy (non-hydrogen) atoms. The maximum Gasteiger partial charge on any atom is 0.141 e. The van der Waals surface area contributed by atoms with Crippen molar-refractivity contribution in [1.29, 1.82) is 5.26 Å². The summed E-state index contributed by atoms with van der Waals surface area (Å²) in [4.78, 5) is 3.99. The van der Waals surface area contributed by atoms with E-state index < -0.39 is 16.8 Å². The zero-order valence-electron chi connectivity index (χ0n) is 10.9. The molecule has 0 aliphatic heterocycles. The first kappa shape index (κ1) is 12.6. The SMILES string of the molecule is CC(O)(c1ccc(F)cn1)C1(C#N)CC2CCC1C2. The van der Waals surface area contributed by atoms with Gasteiger partial charge in [0, 0.05) is 0 Å². The Morgan fingerprint density at radius 3 is 2.79 bits per heavy atom. The fourth-order valence-corrected chi connectivity index (χ4v) is 4.06. The van der Waals surface area contributed by atoms with Gasteiger partial charge in [-0.15, -0.1) is 0 Å². The first-order chi connectivity index (χ1) is 8.99. The average molecular weight is 260 g/mol. The molecule has 4 heteroatoms. The Balaban J connectivity index is 2.03. The third-order valence-electron chi connectivity index (χ3n) is 5.14. The van der Waals surface area contributed by atoms with Gasteiger partial charge in [-0.25, -0.2) is 4.39 Å². The molecule has 0 spiro atoms. The van der Waals surface area contributed by atoms with Crippen molar-refractivity contribution in [3.63, 3.8) is 0 Å². The van der Waals surface area contributed by atoms with Gasteiger partial charge in [0.25, 0.3) is 0 Å². The van der Waals surface area contributed by atoms with E-state index in [0.29, 0.717) is 11.6 Å². The zero-order chi connectivity index (χ0) is 13.7. The van der Waals surface area contributed by atoms with Crippen molar-refractivity contribution in [3.05, 3.63) is 29.8 Å². The molecule has 0 amide bonds. The lowest BCUT2D eigenvalue weighted by molar-refractivity contribution is -0.0766. The highest BCUT2D eigenvalue weighted by atomic mass is 19.1. The van der Waals surface area contributed by atoms with E-state index in [-0.39, 0.29) is 5.92 Å². The summed E-state index contributed by atoms with van der Waals surface area (Å²) >= 11 is 0. The van der Waals surface area contributed by atoms with Crippen LogP contribution in [0.5, 0.6) is 0 Å². The van der Waals surface area contributed by atoms with Crippen molar-refractivity contribution < 1.29 is 9.50 Å². The zero-order valence-corrected chi connectivity index (χ0v) is 10.9. The molecule has 2 aliphatic rings. The highest BCUT2D eigenvalue weighted by Gasteiger charge is 2.61. The Bertz CT molecular complexity index is 534. The quantitative estimate of drug-likeness (QED) is 0.889. The molecule has 2 fully saturated rings. The average Bonchev–Trinajstić information content (AvgIpc) is 3.00. The molecule has 0 saturated heterocycles. The third-order valence-corrected chi connectivity index (χ3v) is 5.14. The Kier molecular flexibility index (Phi) is 2.65. The van der Waals surface area contributed by atoms with Crippen LogP contribution in [0.1, 0.15) is 38.3 Å². The van der Waals surface area contributed by atoms with Gasteiger partial charge in [0.05, 0.1) is 23.4 Å². The molecule has 4 atom stereocenters. The minimum atomic E-state index is -1.32. The molecule has 100 valence electrons. The van der Waals surface area contributed by atoms with Crippen LogP contribution in [0.4, 0.5) is 4.39 Å². The molecule has 1 aromatic rings. The number of aliphatic hydroxyl groups is 1. The van der Waals surface area contributed by atoms with E-state index in [1.54, 1.807) is 6.92 Å². The summed E-state index contributed by atoms with van der Waals surface area (Å²) < 4.78 is 13.0. The van der Waals surface area contributed by atoms with Crippen LogP contribution in [0.25, 0.3) is 0 Å². The number of nitriles is 1. The minimum Gasteiger partial charge on any atom is -0.382 e. The summed E-state index contributed by atoms with van der Waals surface area (Å²) in [5, 5.41) is 20.6. The summed E-state index contributed by atoms with van der Waals surface area (Å²) in [6.45, 7) is 1.65. The van der Waals surface area contributed by atoms with Gasteiger partial charge in [-0.05, 0) is 50.2 Å². The monoisotopic (exact) mass is 260 g/mol. The first-order valence-corrected chi connectivity index (χ1v) is 6.75. The minimum absolute atomic E-state index is 0.226. The predicted octanol–water partition coefficient (Wildman–Crippen LogP) is 2.76. The van der Waals surface area contributed by atoms with Crippen LogP contribution in [0.15, 0.2) is 18.3 Å². The first-order valence-electron chi connectivity index (χ1n) is 6.75. The highest BCUT2D eigenvalue weighted by Crippen LogP contribution is 2.62. The maximum atomic E-state index is 13.0. The molecule has 1 aromatic heterocycles. The van der Waals surface area contributed by atoms with Gasteiger partial charge in [-0.1, -0.05) is 6.42 Å². The Hall–Kier alpha value is -1.47. The summed E-state index contributed by atoms with van der Waals surface area (Å²) in [6, 6.07) is 5.15. The van der Waals surface area contributed by atoms with Gasteiger partial charge in [0.2, 0.25) is 0 Å². The Morgan fingerprint density at radius 1 is 1.53 bits per heavy atom. The second-order valence-corrected chi connectivity index (χ2v) is 6.10. The van der Waals surface area contributed by atoms with E-state index >= 15 is 0 Å². The number of fused-ring (bicyclic) bond motifs is 2. The van der Waals surface area contributed by atoms with Crippen molar-refractivity contribution in [2.75, 3.05) is 0 Å². The van der Waals surface area contributed by atoms with Crippen LogP contribution in [-0.4, -0.2) is 10.1 Å². The lowest BCUT2D eigenvalue weighted by Gasteiger charge is -2.42. The molecule has 3 nitrogen and oxygen atoms in total. The van der Waals surface area contributed by atoms with E-state index in [2.05, 4.69) is 11.1 Å². The van der Waals surface area contributed by atoms with Gasteiger partial charge in [-0.3, -0.25) is 4.98 Å². The number of nitrogens with zero attached hydrogens (tertiary/aromatic N) is 2. The lowest BCUT2D eigenvalue weighted by atomic mass is 9.62. The van der Waals surface area contributed by atoms with Crippen LogP contribution in [-0.2, 0) is 5.60 Å². The number of aromatic nitrogens is 1. The standard InChI is InChI=1S/C15H17FN2O/c1-14(19,13-5-4-12(16)8-18-13)15(9-17)7-10-2-3-11(15)6-10/h4-5,8,10-11,19H,2-3,6-7H2,1H3. The number of pyridine rings is 1. The van der Waals surface area contributed by atoms with Gasteiger partial charge in [0.1, 0.15) is 11.4 Å². The topological polar surface area (TPSA) is 56.9 Å². The van der Waals surface area contributed by atoms with Crippen molar-refractivity contribution in [3.8, 4) is 6.07 Å². The van der Waals surface area contributed by atoms with Gasteiger partial charge >= 0.3 is 0 Å². The second kappa shape index (κ2) is 4.01. The fraction of sp³-hybridized carbons (Fsp3) is 0.600. The Morgan fingerprint density at radius 2 is 2.32 bits per heavy atom. The van der Waals surface area contributed by atoms with Crippen LogP contribution in [0.2, 0.25) is 0 Å². The van der Waals surface area contributed by atoms with Gasteiger partial charge in [0.15, 0.2) is 0 Å². The molecule has 0 aromatic carbocycles. The highest BCUT2D eigenvalue weighted by molar-refractivity contribution is 5.27. The van der Waals surface area contributed by atoms with Crippen molar-refractivity contribution in [1.82, 2.24) is 4.98 Å². The number of hydrogen-bond acceptors (Lipinski definition) is 3. The molecular formula is C15H17FN2O. The normalized spacial score (nSPS) is 35.9. The molecule has 2 aliphatic carbocycles. The van der Waals surface area contributed by atoms with Crippen LogP contribution in [0.3, 0.4) is 0 Å². The van der Waals surface area contributed by atoms with E-state index in [1.165, 1.54) is 12.1 Å². The molecule has 1 heterocycles. The molecule has 2 bridgehead atoms. The smallest absolute Gasteiger partial charge is 0.141 e. The fourth-order valence-electron chi connectivity index (χ4n) is 4.06. The molecule has 0 radical (unpaired) electrons. The summed E-state index contributed by atoms with van der Waals surface area (Å²) in [5.74, 6) is 0.333. The largest absolute Gasteiger partial charge is 0.382 e. The number of rotatable bonds is 2. The van der Waals surface area contributed by atoms with Gasteiger partial charge in [-0.2, -0.15) is 5.26 Å². The van der Waals surface area contributed by atoms with Crippen molar-refractivity contribution in [2.24, 2.45) is 17.3 Å². The number of hydrogen-bond donors (Lipinski definition) is 1. The number of halogens is 1. The third kappa shape index (κ3) is 1.61. The molecule has 4 unspecified atom stereocenters. The predicted molar refractivity (Wildman–Crippen MR) is 67.3 cm³/mol. The van der Waals surface area contributed by atoms with Crippen LogP contribution >= 0.6 is 0 Å². The van der Waals surface area contributed by atoms with E-state index in [9.17, 15) is 14.8 Å². The summed E-state index contributed by atoms with van der Waals surface area (Å²) in [6.07, 6.45) is 4.99. The Labute approximate surface area is 112 Å². The van der Waals surface area contributed by atoms with Crippen molar-refractivity contribution >= 4 is 0 Å². The molecule has 1 N–H and O–H groups in total. The summed E-state index contributed by atoms with van der Waals surface area (Å²) in [5.41, 5.74) is -1.71. The van der Waals surface area contributed by atoms with Crippen molar-refractivity contribution in [2.45, 2.75) is 38.2 Å². The van der Waals surface area contributed by atoms with E-state index in [0.717, 1.165) is 31.9 Å². The summed E-state index contributed by atoms with van der Waals surface area (Å²) in [7, 11) is 0. The maximum absolute atomic E-state index is 13.0. The van der Waals surface area contributed by atoms with E-state index in [4.69, 9.17) is 0 Å². The molecule has 2 saturated carbocycles.